The van der Waals surface area contributed by atoms with Crippen molar-refractivity contribution in [3.05, 3.63) is 40.3 Å². The predicted octanol–water partition coefficient (Wildman–Crippen LogP) is 0.112. The highest BCUT2D eigenvalue weighted by Crippen LogP contribution is 2.19. The molecule has 0 bridgehead atoms. The van der Waals surface area contributed by atoms with Gasteiger partial charge in [0, 0.05) is 5.56 Å². The van der Waals surface area contributed by atoms with E-state index in [0.29, 0.717) is 0 Å². The van der Waals surface area contributed by atoms with Crippen LogP contribution in [0.25, 0.3) is 11.4 Å². The van der Waals surface area contributed by atoms with Gasteiger partial charge in [-0.1, -0.05) is 18.2 Å². The Labute approximate surface area is 95.0 Å². The second-order valence-electron chi connectivity index (χ2n) is 3.21. The number of nitrogens with two attached hydrogens (primary N) is 1. The van der Waals surface area contributed by atoms with Crippen LogP contribution < -0.4 is 11.4 Å². The maximum atomic E-state index is 11.1. The number of anilines is 1. The minimum atomic E-state index is -1.11. The highest BCUT2D eigenvalue weighted by Gasteiger charge is 2.13. The first-order valence-electron chi connectivity index (χ1n) is 4.64. The van der Waals surface area contributed by atoms with Crippen LogP contribution in [0.4, 0.5) is 5.95 Å². The normalized spacial score (nSPS) is 10.1. The van der Waals surface area contributed by atoms with Crippen LogP contribution in [0.1, 0.15) is 10.4 Å². The van der Waals surface area contributed by atoms with Gasteiger partial charge in [-0.15, -0.1) is 0 Å². The van der Waals surface area contributed by atoms with Gasteiger partial charge >= 0.3 is 11.7 Å². The third-order valence-electron chi connectivity index (χ3n) is 2.08. The second kappa shape index (κ2) is 4.05. The molecule has 0 aliphatic heterocycles. The summed E-state index contributed by atoms with van der Waals surface area (Å²) in [7, 11) is 0. The molecule has 0 saturated carbocycles. The number of carboxylic acids is 1. The Kier molecular flexibility index (Phi) is 2.57. The Hall–Kier alpha value is -2.70. The van der Waals surface area contributed by atoms with Crippen LogP contribution in [0.2, 0.25) is 0 Å². The van der Waals surface area contributed by atoms with Gasteiger partial charge < -0.3 is 10.8 Å². The summed E-state index contributed by atoms with van der Waals surface area (Å²) in [5, 5.41) is 9.00. The molecule has 7 heteroatoms. The van der Waals surface area contributed by atoms with Gasteiger partial charge in [-0.2, -0.15) is 9.97 Å². The third kappa shape index (κ3) is 2.12. The zero-order valence-electron chi connectivity index (χ0n) is 8.54. The number of H-pyrrole nitrogens is 1. The summed E-state index contributed by atoms with van der Waals surface area (Å²) in [6.45, 7) is 0. The number of aromatic carboxylic acids is 1. The van der Waals surface area contributed by atoms with Crippen molar-refractivity contribution in [2.75, 3.05) is 5.73 Å². The van der Waals surface area contributed by atoms with Gasteiger partial charge in [0.1, 0.15) is 5.82 Å². The molecular weight excluding hydrogens is 224 g/mol. The second-order valence-corrected chi connectivity index (χ2v) is 3.21. The molecule has 0 spiro atoms. The van der Waals surface area contributed by atoms with E-state index in [1.807, 2.05) is 0 Å². The Balaban J connectivity index is 2.68. The molecule has 0 aliphatic rings. The van der Waals surface area contributed by atoms with Crippen LogP contribution in [0, 0.1) is 0 Å². The lowest BCUT2D eigenvalue weighted by Crippen LogP contribution is -2.16. The van der Waals surface area contributed by atoms with E-state index in [1.165, 1.54) is 12.1 Å². The molecule has 2 aromatic rings. The van der Waals surface area contributed by atoms with Crippen LogP contribution in [-0.2, 0) is 0 Å². The zero-order chi connectivity index (χ0) is 12.4. The molecule has 7 nitrogen and oxygen atoms in total. The number of nitrogens with one attached hydrogen (secondary N) is 1. The van der Waals surface area contributed by atoms with E-state index in [1.54, 1.807) is 12.1 Å². The van der Waals surface area contributed by atoms with Crippen LogP contribution in [0.5, 0.6) is 0 Å². The van der Waals surface area contributed by atoms with Gasteiger partial charge in [-0.3, -0.25) is 4.98 Å². The standard InChI is InChI=1S/C10H8N4O3/c11-9-12-7(13-10(17)14-9)5-3-1-2-4-6(5)8(15)16/h1-4H,(H,15,16)(H3,11,12,13,14,17). The van der Waals surface area contributed by atoms with E-state index in [0.717, 1.165) is 0 Å². The van der Waals surface area contributed by atoms with E-state index in [2.05, 4.69) is 15.0 Å². The first-order chi connectivity index (χ1) is 8.08. The molecule has 2 rings (SSSR count). The lowest BCUT2D eigenvalue weighted by Gasteiger charge is -2.04. The van der Waals surface area contributed by atoms with Gasteiger partial charge in [0.05, 0.1) is 5.56 Å². The summed E-state index contributed by atoms with van der Waals surface area (Å²) >= 11 is 0. The summed E-state index contributed by atoms with van der Waals surface area (Å²) in [5.74, 6) is -1.23. The van der Waals surface area contributed by atoms with E-state index < -0.39 is 11.7 Å². The Bertz CT molecular complexity index is 635. The molecule has 0 fully saturated rings. The van der Waals surface area contributed by atoms with Crippen molar-refractivity contribution in [3.63, 3.8) is 0 Å². The lowest BCUT2D eigenvalue weighted by molar-refractivity contribution is 0.0697. The highest BCUT2D eigenvalue weighted by atomic mass is 16.4. The lowest BCUT2D eigenvalue weighted by atomic mass is 10.1. The molecule has 4 N–H and O–H groups in total. The number of rotatable bonds is 2. The van der Waals surface area contributed by atoms with E-state index in [-0.39, 0.29) is 22.9 Å². The fraction of sp³-hybridized carbons (Fsp3) is 0. The number of carboxylic acid groups (broad SMARTS) is 1. The van der Waals surface area contributed by atoms with Crippen molar-refractivity contribution in [1.29, 1.82) is 0 Å². The van der Waals surface area contributed by atoms with Crippen molar-refractivity contribution in [3.8, 4) is 11.4 Å². The third-order valence-corrected chi connectivity index (χ3v) is 2.08. The number of hydrogen-bond donors (Lipinski definition) is 3. The molecule has 0 atom stereocenters. The summed E-state index contributed by atoms with van der Waals surface area (Å²) in [6, 6.07) is 6.16. The summed E-state index contributed by atoms with van der Waals surface area (Å²) in [6.07, 6.45) is 0. The van der Waals surface area contributed by atoms with Crippen LogP contribution >= 0.6 is 0 Å². The van der Waals surface area contributed by atoms with Crippen molar-refractivity contribution in [2.45, 2.75) is 0 Å². The van der Waals surface area contributed by atoms with Crippen LogP contribution in [-0.4, -0.2) is 26.0 Å². The number of benzene rings is 1. The summed E-state index contributed by atoms with van der Waals surface area (Å²) < 4.78 is 0. The Morgan fingerprint density at radius 3 is 2.65 bits per heavy atom. The van der Waals surface area contributed by atoms with Crippen LogP contribution in [0.15, 0.2) is 29.1 Å². The largest absolute Gasteiger partial charge is 0.478 e. The monoisotopic (exact) mass is 232 g/mol. The molecule has 86 valence electrons. The first kappa shape index (κ1) is 10.8. The van der Waals surface area contributed by atoms with Gasteiger partial charge in [-0.25, -0.2) is 9.59 Å². The molecule has 0 radical (unpaired) electrons. The van der Waals surface area contributed by atoms with Crippen molar-refractivity contribution in [1.82, 2.24) is 15.0 Å². The average molecular weight is 232 g/mol. The molecule has 1 heterocycles. The zero-order valence-corrected chi connectivity index (χ0v) is 8.54. The Morgan fingerprint density at radius 2 is 2.00 bits per heavy atom. The number of nitrogens with zero attached hydrogens (tertiary/aromatic N) is 2. The number of aromatic nitrogens is 3. The topological polar surface area (TPSA) is 122 Å². The molecule has 1 aromatic heterocycles. The molecule has 0 aliphatic carbocycles. The van der Waals surface area contributed by atoms with E-state index in [9.17, 15) is 9.59 Å². The van der Waals surface area contributed by atoms with Gasteiger partial charge in [0.2, 0.25) is 5.95 Å². The number of hydrogen-bond acceptors (Lipinski definition) is 5. The minimum absolute atomic E-state index is 0.0289. The number of nitrogen functional groups attached to an aromatic ring is 1. The fourth-order valence-electron chi connectivity index (χ4n) is 1.40. The number of aromatic amines is 1. The van der Waals surface area contributed by atoms with Crippen molar-refractivity contribution >= 4 is 11.9 Å². The first-order valence-corrected chi connectivity index (χ1v) is 4.64. The quantitative estimate of drug-likeness (QED) is 0.675. The fourth-order valence-corrected chi connectivity index (χ4v) is 1.40. The summed E-state index contributed by atoms with van der Waals surface area (Å²) in [5.41, 5.74) is 4.97. The molecule has 0 unspecified atom stereocenters. The molecule has 0 amide bonds. The molecule has 17 heavy (non-hydrogen) atoms. The van der Waals surface area contributed by atoms with Gasteiger partial charge in [-0.05, 0) is 6.07 Å². The van der Waals surface area contributed by atoms with Crippen molar-refractivity contribution in [2.24, 2.45) is 0 Å². The Morgan fingerprint density at radius 1 is 1.29 bits per heavy atom. The highest BCUT2D eigenvalue weighted by molar-refractivity contribution is 5.94. The molecule has 1 aromatic carbocycles. The minimum Gasteiger partial charge on any atom is -0.478 e. The smallest absolute Gasteiger partial charge is 0.349 e. The SMILES string of the molecule is Nc1nc(-c2ccccc2C(=O)O)[nH]c(=O)n1. The average Bonchev–Trinajstić information content (AvgIpc) is 2.27. The van der Waals surface area contributed by atoms with Gasteiger partial charge in [0.25, 0.3) is 0 Å². The van der Waals surface area contributed by atoms with E-state index >= 15 is 0 Å². The predicted molar refractivity (Wildman–Crippen MR) is 59.5 cm³/mol. The number of carbonyl (C=O) groups is 1. The van der Waals surface area contributed by atoms with Crippen LogP contribution in [0.3, 0.4) is 0 Å². The van der Waals surface area contributed by atoms with Crippen molar-refractivity contribution < 1.29 is 9.90 Å². The summed E-state index contributed by atoms with van der Waals surface area (Å²) in [4.78, 5) is 31.6. The maximum Gasteiger partial charge on any atom is 0.349 e. The molecule has 0 saturated heterocycles. The molecular formula is C10H8N4O3. The van der Waals surface area contributed by atoms with E-state index in [4.69, 9.17) is 10.8 Å². The van der Waals surface area contributed by atoms with Gasteiger partial charge in [0.15, 0.2) is 0 Å². The maximum absolute atomic E-state index is 11.1.